The van der Waals surface area contributed by atoms with Gasteiger partial charge in [0.25, 0.3) is 0 Å². The van der Waals surface area contributed by atoms with Crippen LogP contribution in [0, 0.1) is 5.41 Å². The summed E-state index contributed by atoms with van der Waals surface area (Å²) in [5.41, 5.74) is 1.29. The van der Waals surface area contributed by atoms with Crippen LogP contribution in [0.2, 0.25) is 0 Å². The van der Waals surface area contributed by atoms with Crippen molar-refractivity contribution in [3.05, 3.63) is 35.4 Å². The van der Waals surface area contributed by atoms with Crippen LogP contribution in [0.15, 0.2) is 24.3 Å². The van der Waals surface area contributed by atoms with Crippen molar-refractivity contribution >= 4 is 29.1 Å². The standard InChI is InChI=1S/C14H15Cl2NO2/c1-13(7-14(13,15)16)12(19)17-11-9-5-3-2-4-8(9)6-10(11)18/h2-5,10-11,18H,6-7H2,1H3,(H,17,19)/t10-,11+,13?/m0/s1. The van der Waals surface area contributed by atoms with E-state index < -0.39 is 15.9 Å². The molecule has 19 heavy (non-hydrogen) atoms. The summed E-state index contributed by atoms with van der Waals surface area (Å²) < 4.78 is -0.986. The zero-order valence-electron chi connectivity index (χ0n) is 10.5. The van der Waals surface area contributed by atoms with Crippen LogP contribution in [0.5, 0.6) is 0 Å². The van der Waals surface area contributed by atoms with Crippen LogP contribution in [-0.4, -0.2) is 21.5 Å². The largest absolute Gasteiger partial charge is 0.390 e. The minimum Gasteiger partial charge on any atom is -0.390 e. The fourth-order valence-corrected chi connectivity index (χ4v) is 3.40. The molecule has 1 aromatic rings. The van der Waals surface area contributed by atoms with Gasteiger partial charge in [-0.15, -0.1) is 23.2 Å². The Balaban J connectivity index is 1.80. The fraction of sp³-hybridized carbons (Fsp3) is 0.500. The van der Waals surface area contributed by atoms with Gasteiger partial charge >= 0.3 is 0 Å². The zero-order chi connectivity index (χ0) is 13.8. The van der Waals surface area contributed by atoms with E-state index in [-0.39, 0.29) is 11.9 Å². The lowest BCUT2D eigenvalue weighted by molar-refractivity contribution is -0.127. The normalized spacial score (nSPS) is 34.7. The Kier molecular flexibility index (Phi) is 2.86. The SMILES string of the molecule is CC1(C(=O)N[C@@H]2c3ccccc3C[C@@H]2O)CC1(Cl)Cl. The number of hydrogen-bond donors (Lipinski definition) is 2. The van der Waals surface area contributed by atoms with Gasteiger partial charge in [0.1, 0.15) is 4.33 Å². The van der Waals surface area contributed by atoms with Crippen LogP contribution in [0.25, 0.3) is 0 Å². The highest BCUT2D eigenvalue weighted by Crippen LogP contribution is 2.64. The van der Waals surface area contributed by atoms with Gasteiger partial charge in [0.05, 0.1) is 17.6 Å². The Morgan fingerprint density at radius 1 is 1.42 bits per heavy atom. The van der Waals surface area contributed by atoms with E-state index in [2.05, 4.69) is 5.32 Å². The summed E-state index contributed by atoms with van der Waals surface area (Å²) in [6.45, 7) is 1.75. The number of amides is 1. The number of halogens is 2. The summed E-state index contributed by atoms with van der Waals surface area (Å²) in [7, 11) is 0. The molecule has 102 valence electrons. The number of hydrogen-bond acceptors (Lipinski definition) is 2. The summed E-state index contributed by atoms with van der Waals surface area (Å²) in [4.78, 5) is 12.3. The van der Waals surface area contributed by atoms with E-state index in [0.29, 0.717) is 12.8 Å². The number of fused-ring (bicyclic) bond motifs is 1. The summed E-state index contributed by atoms with van der Waals surface area (Å²) in [5.74, 6) is -0.196. The van der Waals surface area contributed by atoms with Gasteiger partial charge in [-0.2, -0.15) is 0 Å². The maximum absolute atomic E-state index is 12.3. The quantitative estimate of drug-likeness (QED) is 0.824. The molecule has 0 bridgehead atoms. The highest BCUT2D eigenvalue weighted by atomic mass is 35.5. The van der Waals surface area contributed by atoms with Crippen molar-refractivity contribution in [1.82, 2.24) is 5.32 Å². The molecule has 3 nitrogen and oxygen atoms in total. The molecule has 3 atom stereocenters. The van der Waals surface area contributed by atoms with Crippen LogP contribution in [0.1, 0.15) is 30.5 Å². The van der Waals surface area contributed by atoms with Gasteiger partial charge in [-0.05, 0) is 24.5 Å². The molecule has 2 aliphatic carbocycles. The lowest BCUT2D eigenvalue weighted by atomic mass is 10.0. The first kappa shape index (κ1) is 13.2. The van der Waals surface area contributed by atoms with E-state index in [4.69, 9.17) is 23.2 Å². The average molecular weight is 300 g/mol. The molecular formula is C14H15Cl2NO2. The topological polar surface area (TPSA) is 49.3 Å². The van der Waals surface area contributed by atoms with Crippen molar-refractivity contribution in [3.63, 3.8) is 0 Å². The smallest absolute Gasteiger partial charge is 0.229 e. The maximum atomic E-state index is 12.3. The monoisotopic (exact) mass is 299 g/mol. The molecule has 0 aliphatic heterocycles. The molecule has 1 fully saturated rings. The highest BCUT2D eigenvalue weighted by Gasteiger charge is 2.68. The van der Waals surface area contributed by atoms with E-state index in [1.807, 2.05) is 24.3 Å². The second kappa shape index (κ2) is 4.11. The van der Waals surface area contributed by atoms with E-state index >= 15 is 0 Å². The summed E-state index contributed by atoms with van der Waals surface area (Å²) in [6.07, 6.45) is 0.410. The van der Waals surface area contributed by atoms with E-state index in [1.54, 1.807) is 6.92 Å². The second-order valence-corrected chi connectivity index (χ2v) is 7.12. The minimum atomic E-state index is -0.986. The molecule has 5 heteroatoms. The maximum Gasteiger partial charge on any atom is 0.229 e. The average Bonchev–Trinajstić information content (AvgIpc) is 2.72. The number of aliphatic hydroxyl groups is 1. The first-order valence-corrected chi connectivity index (χ1v) is 7.05. The minimum absolute atomic E-state index is 0.196. The van der Waals surface area contributed by atoms with E-state index in [1.165, 1.54) is 0 Å². The number of aliphatic hydroxyl groups excluding tert-OH is 1. The molecule has 0 radical (unpaired) electrons. The molecule has 2 aliphatic rings. The van der Waals surface area contributed by atoms with Gasteiger partial charge in [-0.3, -0.25) is 4.79 Å². The molecule has 0 aromatic heterocycles. The Bertz CT molecular complexity index is 546. The Morgan fingerprint density at radius 2 is 2.05 bits per heavy atom. The number of nitrogens with one attached hydrogen (secondary N) is 1. The van der Waals surface area contributed by atoms with Gasteiger partial charge in [0, 0.05) is 6.42 Å². The molecule has 0 spiro atoms. The molecule has 1 unspecified atom stereocenters. The lowest BCUT2D eigenvalue weighted by Gasteiger charge is -2.21. The summed E-state index contributed by atoms with van der Waals surface area (Å²) in [6, 6.07) is 7.37. The van der Waals surface area contributed by atoms with Crippen molar-refractivity contribution in [2.24, 2.45) is 5.41 Å². The third-order valence-electron chi connectivity index (χ3n) is 4.25. The summed E-state index contributed by atoms with van der Waals surface area (Å²) >= 11 is 12.0. The van der Waals surface area contributed by atoms with Crippen molar-refractivity contribution < 1.29 is 9.90 Å². The number of alkyl halides is 2. The van der Waals surface area contributed by atoms with Gasteiger partial charge in [-0.25, -0.2) is 0 Å². The first-order valence-electron chi connectivity index (χ1n) is 6.30. The molecule has 1 aromatic carbocycles. The van der Waals surface area contributed by atoms with Crippen LogP contribution in [0.4, 0.5) is 0 Å². The predicted octanol–water partition coefficient (Wildman–Crippen LogP) is 2.34. The van der Waals surface area contributed by atoms with Crippen LogP contribution < -0.4 is 5.32 Å². The molecule has 1 saturated carbocycles. The van der Waals surface area contributed by atoms with Crippen LogP contribution in [-0.2, 0) is 11.2 Å². The van der Waals surface area contributed by atoms with Gasteiger partial charge in [0.2, 0.25) is 5.91 Å². The van der Waals surface area contributed by atoms with Gasteiger partial charge in [0.15, 0.2) is 0 Å². The Morgan fingerprint density at radius 3 is 2.68 bits per heavy atom. The third-order valence-corrected chi connectivity index (χ3v) is 5.35. The van der Waals surface area contributed by atoms with E-state index in [9.17, 15) is 9.90 Å². The molecule has 0 heterocycles. The second-order valence-electron chi connectivity index (χ2n) is 5.63. The fourth-order valence-electron chi connectivity index (χ4n) is 2.69. The number of carbonyl (C=O) groups is 1. The van der Waals surface area contributed by atoms with Gasteiger partial charge < -0.3 is 10.4 Å². The molecular weight excluding hydrogens is 285 g/mol. The lowest BCUT2D eigenvalue weighted by Crippen LogP contribution is -2.39. The van der Waals surface area contributed by atoms with Crippen LogP contribution >= 0.6 is 23.2 Å². The van der Waals surface area contributed by atoms with Gasteiger partial charge in [-0.1, -0.05) is 24.3 Å². The summed E-state index contributed by atoms with van der Waals surface area (Å²) in [5, 5.41) is 13.0. The number of rotatable bonds is 2. The van der Waals surface area contributed by atoms with Crippen molar-refractivity contribution in [1.29, 1.82) is 0 Å². The van der Waals surface area contributed by atoms with E-state index in [0.717, 1.165) is 11.1 Å². The first-order chi connectivity index (χ1) is 8.85. The third kappa shape index (κ3) is 1.95. The predicted molar refractivity (Wildman–Crippen MR) is 74.2 cm³/mol. The van der Waals surface area contributed by atoms with Crippen molar-refractivity contribution in [3.8, 4) is 0 Å². The zero-order valence-corrected chi connectivity index (χ0v) is 12.0. The number of benzene rings is 1. The molecule has 0 saturated heterocycles. The Labute approximate surface area is 121 Å². The highest BCUT2D eigenvalue weighted by molar-refractivity contribution is 6.53. The van der Waals surface area contributed by atoms with Crippen LogP contribution in [0.3, 0.4) is 0 Å². The van der Waals surface area contributed by atoms with Crippen molar-refractivity contribution in [2.75, 3.05) is 0 Å². The molecule has 3 rings (SSSR count). The van der Waals surface area contributed by atoms with Crippen molar-refractivity contribution in [2.45, 2.75) is 36.2 Å². The molecule has 2 N–H and O–H groups in total. The number of carbonyl (C=O) groups excluding carboxylic acids is 1. The Hall–Kier alpha value is -0.770. The molecule has 1 amide bonds.